The van der Waals surface area contributed by atoms with Crippen molar-refractivity contribution in [1.82, 2.24) is 15.2 Å². The van der Waals surface area contributed by atoms with E-state index in [-0.39, 0.29) is 0 Å². The van der Waals surface area contributed by atoms with Gasteiger partial charge in [-0.1, -0.05) is 26.3 Å². The van der Waals surface area contributed by atoms with Crippen LogP contribution in [0.4, 0.5) is 0 Å². The summed E-state index contributed by atoms with van der Waals surface area (Å²) in [6.45, 7) is 8.27. The number of pyridine rings is 1. The predicted octanol–water partition coefficient (Wildman–Crippen LogP) is 2.55. The zero-order valence-electron chi connectivity index (χ0n) is 13.4. The van der Waals surface area contributed by atoms with Crippen molar-refractivity contribution >= 4 is 0 Å². The SMILES string of the molecule is CCC(C)CN(C)Cc1ccc(OCCCNC)nc1. The number of ether oxygens (including phenoxy) is 1. The molecule has 1 atom stereocenters. The van der Waals surface area contributed by atoms with Crippen molar-refractivity contribution in [3.05, 3.63) is 23.9 Å². The van der Waals surface area contributed by atoms with Gasteiger partial charge in [-0.2, -0.15) is 0 Å². The van der Waals surface area contributed by atoms with Gasteiger partial charge < -0.3 is 15.0 Å². The van der Waals surface area contributed by atoms with Crippen LogP contribution < -0.4 is 10.1 Å². The Hall–Kier alpha value is -1.13. The molecule has 1 N–H and O–H groups in total. The molecule has 0 saturated carbocycles. The molecule has 0 spiro atoms. The average molecular weight is 279 g/mol. The van der Waals surface area contributed by atoms with Crippen molar-refractivity contribution < 1.29 is 4.74 Å². The van der Waals surface area contributed by atoms with Gasteiger partial charge in [0.1, 0.15) is 0 Å². The molecule has 1 unspecified atom stereocenters. The first-order valence-electron chi connectivity index (χ1n) is 7.56. The van der Waals surface area contributed by atoms with Crippen LogP contribution in [0.25, 0.3) is 0 Å². The molecular formula is C16H29N3O. The van der Waals surface area contributed by atoms with Crippen LogP contribution in [0.5, 0.6) is 5.88 Å². The van der Waals surface area contributed by atoms with E-state index in [0.29, 0.717) is 6.61 Å². The molecule has 0 radical (unpaired) electrons. The number of aromatic nitrogens is 1. The summed E-state index contributed by atoms with van der Waals surface area (Å²) in [5.41, 5.74) is 1.23. The molecule has 0 aliphatic heterocycles. The maximum Gasteiger partial charge on any atom is 0.213 e. The molecule has 1 rings (SSSR count). The molecule has 1 heterocycles. The van der Waals surface area contributed by atoms with Crippen LogP contribution in [0, 0.1) is 5.92 Å². The van der Waals surface area contributed by atoms with Crippen molar-refractivity contribution in [3.63, 3.8) is 0 Å². The zero-order valence-corrected chi connectivity index (χ0v) is 13.4. The molecule has 0 bridgehead atoms. The lowest BCUT2D eigenvalue weighted by Gasteiger charge is -2.20. The van der Waals surface area contributed by atoms with Gasteiger partial charge in [0.25, 0.3) is 0 Å². The monoisotopic (exact) mass is 279 g/mol. The summed E-state index contributed by atoms with van der Waals surface area (Å²) in [5.74, 6) is 1.46. The Bertz CT molecular complexity index is 353. The standard InChI is InChI=1S/C16H29N3O/c1-5-14(2)12-19(4)13-15-7-8-16(18-11-15)20-10-6-9-17-3/h7-8,11,14,17H,5-6,9-10,12-13H2,1-4H3. The van der Waals surface area contributed by atoms with Crippen LogP contribution in [-0.2, 0) is 6.54 Å². The Balaban J connectivity index is 2.34. The van der Waals surface area contributed by atoms with E-state index in [4.69, 9.17) is 4.74 Å². The summed E-state index contributed by atoms with van der Waals surface area (Å²) in [4.78, 5) is 6.71. The predicted molar refractivity (Wildman–Crippen MR) is 84.1 cm³/mol. The molecule has 0 saturated heterocycles. The van der Waals surface area contributed by atoms with Gasteiger partial charge in [0.2, 0.25) is 5.88 Å². The first-order chi connectivity index (χ1) is 9.65. The number of rotatable bonds is 10. The van der Waals surface area contributed by atoms with Gasteiger partial charge in [-0.25, -0.2) is 4.98 Å². The van der Waals surface area contributed by atoms with Crippen LogP contribution in [0.3, 0.4) is 0 Å². The van der Waals surface area contributed by atoms with Gasteiger partial charge in [-0.05, 0) is 38.5 Å². The Morgan fingerprint density at radius 2 is 2.20 bits per heavy atom. The third-order valence-electron chi connectivity index (χ3n) is 3.39. The summed E-state index contributed by atoms with van der Waals surface area (Å²) in [7, 11) is 4.11. The third kappa shape index (κ3) is 6.87. The van der Waals surface area contributed by atoms with E-state index in [9.17, 15) is 0 Å². The van der Waals surface area contributed by atoms with Crippen molar-refractivity contribution in [2.45, 2.75) is 33.2 Å². The van der Waals surface area contributed by atoms with E-state index >= 15 is 0 Å². The number of hydrogen-bond acceptors (Lipinski definition) is 4. The minimum absolute atomic E-state index is 0.709. The van der Waals surface area contributed by atoms with Crippen molar-refractivity contribution in [1.29, 1.82) is 0 Å². The zero-order chi connectivity index (χ0) is 14.8. The molecule has 0 aliphatic carbocycles. The van der Waals surface area contributed by atoms with Crippen molar-refractivity contribution in [2.24, 2.45) is 5.92 Å². The quantitative estimate of drug-likeness (QED) is 0.668. The lowest BCUT2D eigenvalue weighted by molar-refractivity contribution is 0.273. The van der Waals surface area contributed by atoms with Gasteiger partial charge in [-0.15, -0.1) is 0 Å². The molecule has 0 aliphatic rings. The largest absolute Gasteiger partial charge is 0.478 e. The van der Waals surface area contributed by atoms with Crippen LogP contribution in [0.1, 0.15) is 32.3 Å². The van der Waals surface area contributed by atoms with E-state index in [1.165, 1.54) is 12.0 Å². The molecule has 20 heavy (non-hydrogen) atoms. The Labute approximate surface area is 123 Å². The molecule has 0 amide bonds. The lowest BCUT2D eigenvalue weighted by Crippen LogP contribution is -2.23. The maximum atomic E-state index is 5.59. The van der Waals surface area contributed by atoms with E-state index in [1.54, 1.807) is 0 Å². The molecular weight excluding hydrogens is 250 g/mol. The summed E-state index contributed by atoms with van der Waals surface area (Å²) in [5, 5.41) is 3.10. The Morgan fingerprint density at radius 3 is 2.80 bits per heavy atom. The fourth-order valence-electron chi connectivity index (χ4n) is 2.05. The minimum Gasteiger partial charge on any atom is -0.478 e. The number of hydrogen-bond donors (Lipinski definition) is 1. The Morgan fingerprint density at radius 1 is 1.40 bits per heavy atom. The highest BCUT2D eigenvalue weighted by molar-refractivity contribution is 5.17. The lowest BCUT2D eigenvalue weighted by atomic mass is 10.1. The molecule has 1 aromatic heterocycles. The van der Waals surface area contributed by atoms with Crippen LogP contribution >= 0.6 is 0 Å². The van der Waals surface area contributed by atoms with E-state index in [2.05, 4.69) is 42.2 Å². The molecule has 0 aromatic carbocycles. The fourth-order valence-corrected chi connectivity index (χ4v) is 2.05. The highest BCUT2D eigenvalue weighted by Gasteiger charge is 2.05. The topological polar surface area (TPSA) is 37.4 Å². The molecule has 114 valence electrons. The van der Waals surface area contributed by atoms with E-state index in [0.717, 1.165) is 37.9 Å². The summed E-state index contributed by atoms with van der Waals surface area (Å²) in [6.07, 6.45) is 4.14. The van der Waals surface area contributed by atoms with Crippen LogP contribution in [0.15, 0.2) is 18.3 Å². The van der Waals surface area contributed by atoms with Gasteiger partial charge in [0, 0.05) is 25.4 Å². The van der Waals surface area contributed by atoms with Crippen LogP contribution in [-0.4, -0.2) is 43.7 Å². The average Bonchev–Trinajstić information content (AvgIpc) is 2.45. The van der Waals surface area contributed by atoms with Gasteiger partial charge in [0.15, 0.2) is 0 Å². The second kappa shape index (κ2) is 9.72. The smallest absolute Gasteiger partial charge is 0.213 e. The highest BCUT2D eigenvalue weighted by Crippen LogP contribution is 2.11. The molecule has 0 fully saturated rings. The second-order valence-corrected chi connectivity index (χ2v) is 5.52. The first kappa shape index (κ1) is 16.9. The molecule has 1 aromatic rings. The number of nitrogens with zero attached hydrogens (tertiary/aromatic N) is 2. The van der Waals surface area contributed by atoms with Gasteiger partial charge in [0.05, 0.1) is 6.61 Å². The third-order valence-corrected chi connectivity index (χ3v) is 3.39. The van der Waals surface area contributed by atoms with Crippen molar-refractivity contribution in [2.75, 3.05) is 33.8 Å². The summed E-state index contributed by atoms with van der Waals surface area (Å²) >= 11 is 0. The molecule has 4 nitrogen and oxygen atoms in total. The number of nitrogens with one attached hydrogen (secondary N) is 1. The second-order valence-electron chi connectivity index (χ2n) is 5.52. The normalized spacial score (nSPS) is 12.7. The molecule has 4 heteroatoms. The first-order valence-corrected chi connectivity index (χ1v) is 7.56. The Kier molecular flexibility index (Phi) is 8.23. The highest BCUT2D eigenvalue weighted by atomic mass is 16.5. The minimum atomic E-state index is 0.709. The maximum absolute atomic E-state index is 5.59. The van der Waals surface area contributed by atoms with E-state index in [1.807, 2.05) is 19.3 Å². The van der Waals surface area contributed by atoms with Gasteiger partial charge >= 0.3 is 0 Å². The summed E-state index contributed by atoms with van der Waals surface area (Å²) in [6, 6.07) is 4.07. The van der Waals surface area contributed by atoms with E-state index < -0.39 is 0 Å². The van der Waals surface area contributed by atoms with Crippen LogP contribution in [0.2, 0.25) is 0 Å². The van der Waals surface area contributed by atoms with Crippen molar-refractivity contribution in [3.8, 4) is 5.88 Å². The fraction of sp³-hybridized carbons (Fsp3) is 0.688. The van der Waals surface area contributed by atoms with Gasteiger partial charge in [-0.3, -0.25) is 0 Å². The summed E-state index contributed by atoms with van der Waals surface area (Å²) < 4.78 is 5.59.